The number of carbonyl (C=O) groups is 4. The van der Waals surface area contributed by atoms with Gasteiger partial charge in [-0.15, -0.1) is 0 Å². The maximum Gasteiger partial charge on any atom is 0.338 e. The molecule has 0 amide bonds. The fourth-order valence-electron chi connectivity index (χ4n) is 4.32. The van der Waals surface area contributed by atoms with E-state index in [1.165, 1.54) is 6.92 Å². The van der Waals surface area contributed by atoms with Crippen LogP contribution in [0, 0.1) is 0 Å². The van der Waals surface area contributed by atoms with E-state index in [0.717, 1.165) is 5.56 Å². The van der Waals surface area contributed by atoms with Gasteiger partial charge in [0.05, 0.1) is 24.2 Å². The number of aliphatic hydroxyl groups is 1. The maximum absolute atomic E-state index is 13.0. The zero-order valence-electron chi connectivity index (χ0n) is 23.0. The van der Waals surface area contributed by atoms with Gasteiger partial charge in [0.15, 0.2) is 18.5 Å². The third-order valence-corrected chi connectivity index (χ3v) is 6.48. The summed E-state index contributed by atoms with van der Waals surface area (Å²) >= 11 is 0. The summed E-state index contributed by atoms with van der Waals surface area (Å²) in [6.07, 6.45) is -7.12. The Labute approximate surface area is 243 Å². The predicted octanol–water partition coefficient (Wildman–Crippen LogP) is 3.65. The minimum Gasteiger partial charge on any atom is -0.459 e. The second-order valence-electron chi connectivity index (χ2n) is 9.68. The second-order valence-corrected chi connectivity index (χ2v) is 9.68. The van der Waals surface area contributed by atoms with E-state index in [0.29, 0.717) is 0 Å². The van der Waals surface area contributed by atoms with E-state index in [4.69, 9.17) is 23.7 Å². The maximum atomic E-state index is 13.0. The van der Waals surface area contributed by atoms with E-state index < -0.39 is 55.2 Å². The standard InChI is InChI=1S/C32H32O10/c1-21(33)17-18-26(34)41-27-25(20-39-30(35)23-13-7-3-8-14-23)40-32(37)29(42-31(36)24-15-9-4-10-16-24)28(27)38-19-22-11-5-2-6-12-22/h2-16,25,27-29,32,37H,17-20H2,1H3/t25-,27-,28+,29-,32?/m1/s1. The van der Waals surface area contributed by atoms with Crippen molar-refractivity contribution in [3.63, 3.8) is 0 Å². The molecule has 1 heterocycles. The van der Waals surface area contributed by atoms with Crippen LogP contribution in [0.25, 0.3) is 0 Å². The lowest BCUT2D eigenvalue weighted by Crippen LogP contribution is -2.62. The van der Waals surface area contributed by atoms with Crippen molar-refractivity contribution in [2.45, 2.75) is 57.1 Å². The summed E-state index contributed by atoms with van der Waals surface area (Å²) in [5, 5.41) is 11.0. The van der Waals surface area contributed by atoms with Gasteiger partial charge in [0.1, 0.15) is 24.6 Å². The van der Waals surface area contributed by atoms with Gasteiger partial charge in [-0.05, 0) is 36.8 Å². The topological polar surface area (TPSA) is 135 Å². The monoisotopic (exact) mass is 576 g/mol. The highest BCUT2D eigenvalue weighted by Crippen LogP contribution is 2.30. The van der Waals surface area contributed by atoms with E-state index in [2.05, 4.69) is 0 Å². The first-order valence-corrected chi connectivity index (χ1v) is 13.5. The Morgan fingerprint density at radius 2 is 1.29 bits per heavy atom. The average molecular weight is 577 g/mol. The molecule has 10 nitrogen and oxygen atoms in total. The van der Waals surface area contributed by atoms with Crippen LogP contribution in [0.3, 0.4) is 0 Å². The van der Waals surface area contributed by atoms with Gasteiger partial charge in [-0.3, -0.25) is 4.79 Å². The van der Waals surface area contributed by atoms with Crippen LogP contribution in [0.1, 0.15) is 46.0 Å². The second kappa shape index (κ2) is 15.0. The summed E-state index contributed by atoms with van der Waals surface area (Å²) in [4.78, 5) is 49.9. The Hall–Kier alpha value is -4.38. The number of hydrogen-bond acceptors (Lipinski definition) is 10. The first-order chi connectivity index (χ1) is 20.3. The van der Waals surface area contributed by atoms with Crippen molar-refractivity contribution in [1.29, 1.82) is 0 Å². The lowest BCUT2D eigenvalue weighted by atomic mass is 9.98. The molecule has 42 heavy (non-hydrogen) atoms. The van der Waals surface area contributed by atoms with Crippen LogP contribution in [-0.2, 0) is 39.9 Å². The van der Waals surface area contributed by atoms with Crippen molar-refractivity contribution >= 4 is 23.7 Å². The third kappa shape index (κ3) is 8.56. The summed E-state index contributed by atoms with van der Waals surface area (Å²) in [6.45, 7) is 0.944. The summed E-state index contributed by atoms with van der Waals surface area (Å²) in [5.74, 6) is -2.36. The van der Waals surface area contributed by atoms with Gasteiger partial charge >= 0.3 is 17.9 Å². The van der Waals surface area contributed by atoms with E-state index in [1.807, 2.05) is 30.3 Å². The minimum atomic E-state index is -1.72. The molecule has 1 N–H and O–H groups in total. The van der Waals surface area contributed by atoms with Gasteiger partial charge in [-0.2, -0.15) is 0 Å². The largest absolute Gasteiger partial charge is 0.459 e. The molecule has 0 radical (unpaired) electrons. The van der Waals surface area contributed by atoms with Crippen molar-refractivity contribution in [3.8, 4) is 0 Å². The van der Waals surface area contributed by atoms with Crippen LogP contribution in [0.5, 0.6) is 0 Å². The molecule has 0 aliphatic carbocycles. The number of carbonyl (C=O) groups excluding carboxylic acids is 4. The Morgan fingerprint density at radius 1 is 0.714 bits per heavy atom. The van der Waals surface area contributed by atoms with Gasteiger partial charge in [0.2, 0.25) is 0 Å². The lowest BCUT2D eigenvalue weighted by Gasteiger charge is -2.43. The average Bonchev–Trinajstić information content (AvgIpc) is 3.01. The molecule has 3 aromatic rings. The molecule has 1 aliphatic heterocycles. The number of hydrogen-bond donors (Lipinski definition) is 1. The summed E-state index contributed by atoms with van der Waals surface area (Å²) in [7, 11) is 0. The highest BCUT2D eigenvalue weighted by Gasteiger charge is 2.51. The molecule has 1 saturated heterocycles. The molecule has 1 fully saturated rings. The molecule has 1 unspecified atom stereocenters. The molecule has 4 rings (SSSR count). The number of aliphatic hydroxyl groups excluding tert-OH is 1. The molecule has 1 aliphatic rings. The summed E-state index contributed by atoms with van der Waals surface area (Å²) in [6, 6.07) is 25.5. The number of rotatable bonds is 12. The first-order valence-electron chi connectivity index (χ1n) is 13.5. The normalized spacial score (nSPS) is 21.6. The van der Waals surface area contributed by atoms with Crippen molar-refractivity contribution in [1.82, 2.24) is 0 Å². The SMILES string of the molecule is CC(=O)CCC(=O)O[C@H]1[C@H](OCc2ccccc2)[C@@H](OC(=O)c2ccccc2)C(O)O[C@@H]1COC(=O)c1ccccc1. The molecular weight excluding hydrogens is 544 g/mol. The highest BCUT2D eigenvalue weighted by molar-refractivity contribution is 5.90. The fraction of sp³-hybridized carbons (Fsp3) is 0.312. The first kappa shape index (κ1) is 30.6. The van der Waals surface area contributed by atoms with Crippen LogP contribution < -0.4 is 0 Å². The molecule has 10 heteroatoms. The van der Waals surface area contributed by atoms with Crippen molar-refractivity contribution in [2.24, 2.45) is 0 Å². The number of ether oxygens (including phenoxy) is 5. The van der Waals surface area contributed by atoms with Crippen LogP contribution in [-0.4, -0.2) is 66.1 Å². The Balaban J connectivity index is 1.61. The smallest absolute Gasteiger partial charge is 0.338 e. The van der Waals surface area contributed by atoms with Crippen LogP contribution in [0.2, 0.25) is 0 Å². The lowest BCUT2D eigenvalue weighted by molar-refractivity contribution is -0.297. The predicted molar refractivity (Wildman–Crippen MR) is 148 cm³/mol. The van der Waals surface area contributed by atoms with Gasteiger partial charge in [-0.1, -0.05) is 66.7 Å². The summed E-state index contributed by atoms with van der Waals surface area (Å²) < 4.78 is 28.7. The Morgan fingerprint density at radius 3 is 1.88 bits per heavy atom. The van der Waals surface area contributed by atoms with Crippen molar-refractivity contribution in [3.05, 3.63) is 108 Å². The summed E-state index contributed by atoms with van der Waals surface area (Å²) in [5.41, 5.74) is 1.27. The Bertz CT molecular complexity index is 1330. The van der Waals surface area contributed by atoms with Crippen molar-refractivity contribution < 1.29 is 48.0 Å². The van der Waals surface area contributed by atoms with E-state index in [-0.39, 0.29) is 36.4 Å². The zero-order chi connectivity index (χ0) is 29.9. The molecule has 220 valence electrons. The van der Waals surface area contributed by atoms with Crippen LogP contribution in [0.15, 0.2) is 91.0 Å². The van der Waals surface area contributed by atoms with Gasteiger partial charge in [-0.25, -0.2) is 9.59 Å². The zero-order valence-corrected chi connectivity index (χ0v) is 23.0. The molecule has 0 bridgehead atoms. The minimum absolute atomic E-state index is 0.00956. The van der Waals surface area contributed by atoms with E-state index >= 15 is 0 Å². The quantitative estimate of drug-likeness (QED) is 0.251. The molecule has 5 atom stereocenters. The van der Waals surface area contributed by atoms with E-state index in [1.54, 1.807) is 60.7 Å². The van der Waals surface area contributed by atoms with E-state index in [9.17, 15) is 24.3 Å². The number of esters is 3. The Kier molecular flexibility index (Phi) is 10.9. The fourth-order valence-corrected chi connectivity index (χ4v) is 4.32. The highest BCUT2D eigenvalue weighted by atomic mass is 16.7. The third-order valence-electron chi connectivity index (χ3n) is 6.48. The number of ketones is 1. The van der Waals surface area contributed by atoms with Crippen molar-refractivity contribution in [2.75, 3.05) is 6.61 Å². The number of Topliss-reactive ketones (excluding diaryl/α,β-unsaturated/α-hetero) is 1. The number of benzene rings is 3. The van der Waals surface area contributed by atoms with Crippen LogP contribution >= 0.6 is 0 Å². The molecule has 3 aromatic carbocycles. The van der Waals surface area contributed by atoms with Crippen LogP contribution in [0.4, 0.5) is 0 Å². The molecule has 0 spiro atoms. The van der Waals surface area contributed by atoms with Gasteiger partial charge in [0.25, 0.3) is 0 Å². The molecular formula is C32H32O10. The van der Waals surface area contributed by atoms with Gasteiger partial charge < -0.3 is 33.6 Å². The molecule has 0 aromatic heterocycles. The van der Waals surface area contributed by atoms with Gasteiger partial charge in [0, 0.05) is 6.42 Å². The molecule has 0 saturated carbocycles.